The van der Waals surface area contributed by atoms with Gasteiger partial charge in [-0.15, -0.1) is 0 Å². The zero-order chi connectivity index (χ0) is 20.6. The molecule has 0 radical (unpaired) electrons. The Morgan fingerprint density at radius 2 is 1.63 bits per heavy atom. The van der Waals surface area contributed by atoms with E-state index >= 15 is 0 Å². The molecule has 0 spiro atoms. The van der Waals surface area contributed by atoms with Crippen molar-refractivity contribution in [2.45, 2.75) is 13.2 Å². The molecule has 8 nitrogen and oxygen atoms in total. The lowest BCUT2D eigenvalue weighted by Crippen LogP contribution is -2.16. The Bertz CT molecular complexity index is 1090. The number of hydrogen-bond acceptors (Lipinski definition) is 6. The summed E-state index contributed by atoms with van der Waals surface area (Å²) in [5.41, 5.74) is 2.16. The van der Waals surface area contributed by atoms with Gasteiger partial charge in [0.25, 0.3) is 5.95 Å². The molecule has 2 aromatic heterocycles. The third-order valence-electron chi connectivity index (χ3n) is 4.12. The molecule has 0 saturated carbocycles. The lowest BCUT2D eigenvalue weighted by molar-refractivity contribution is 0.155. The second kappa shape index (κ2) is 9.33. The highest BCUT2D eigenvalue weighted by Gasteiger charge is 2.14. The SMILES string of the molecule is O=C(Nc1cnc(-n2cccn2)nc1OCc1ccccc1)OCc1ccccc1. The predicted octanol–water partition coefficient (Wildman–Crippen LogP) is 3.99. The standard InChI is InChI=1S/C22H19N5O3/c28-22(30-16-18-10-5-2-6-11-18)25-19-14-23-21(27-13-7-12-24-27)26-20(19)29-15-17-8-3-1-4-9-17/h1-14H,15-16H2,(H,25,28). The number of amides is 1. The molecule has 1 amide bonds. The van der Waals surface area contributed by atoms with Crippen molar-refractivity contribution < 1.29 is 14.3 Å². The highest BCUT2D eigenvalue weighted by molar-refractivity contribution is 5.86. The summed E-state index contributed by atoms with van der Waals surface area (Å²) < 4.78 is 12.6. The van der Waals surface area contributed by atoms with Gasteiger partial charge in [-0.25, -0.2) is 14.5 Å². The summed E-state index contributed by atoms with van der Waals surface area (Å²) in [5.74, 6) is 0.544. The summed E-state index contributed by atoms with van der Waals surface area (Å²) in [5, 5.41) is 6.77. The van der Waals surface area contributed by atoms with E-state index in [4.69, 9.17) is 9.47 Å². The topological polar surface area (TPSA) is 91.2 Å². The molecular weight excluding hydrogens is 382 g/mol. The van der Waals surface area contributed by atoms with Gasteiger partial charge in [-0.1, -0.05) is 60.7 Å². The van der Waals surface area contributed by atoms with Crippen LogP contribution in [0.1, 0.15) is 11.1 Å². The number of aromatic nitrogens is 4. The summed E-state index contributed by atoms with van der Waals surface area (Å²) >= 11 is 0. The number of hydrogen-bond donors (Lipinski definition) is 1. The van der Waals surface area contributed by atoms with Crippen molar-refractivity contribution in [2.75, 3.05) is 5.32 Å². The van der Waals surface area contributed by atoms with Gasteiger partial charge in [0.15, 0.2) is 0 Å². The maximum Gasteiger partial charge on any atom is 0.412 e. The average molecular weight is 401 g/mol. The second-order valence-electron chi connectivity index (χ2n) is 6.30. The fraction of sp³-hybridized carbons (Fsp3) is 0.0909. The van der Waals surface area contributed by atoms with Gasteiger partial charge < -0.3 is 9.47 Å². The van der Waals surface area contributed by atoms with E-state index in [1.165, 1.54) is 10.9 Å². The van der Waals surface area contributed by atoms with E-state index in [0.29, 0.717) is 11.6 Å². The van der Waals surface area contributed by atoms with Crippen molar-refractivity contribution in [3.05, 3.63) is 96.4 Å². The molecule has 0 aliphatic rings. The number of benzene rings is 2. The Labute approximate surface area is 173 Å². The van der Waals surface area contributed by atoms with Crippen molar-refractivity contribution in [2.24, 2.45) is 0 Å². The number of ether oxygens (including phenoxy) is 2. The monoisotopic (exact) mass is 401 g/mol. The predicted molar refractivity (Wildman–Crippen MR) is 110 cm³/mol. The van der Waals surface area contributed by atoms with E-state index in [0.717, 1.165) is 11.1 Å². The second-order valence-corrected chi connectivity index (χ2v) is 6.30. The maximum atomic E-state index is 12.3. The molecule has 2 heterocycles. The summed E-state index contributed by atoms with van der Waals surface area (Å²) in [7, 11) is 0. The molecule has 0 fully saturated rings. The van der Waals surface area contributed by atoms with Crippen LogP contribution in [0.3, 0.4) is 0 Å². The van der Waals surface area contributed by atoms with Crippen LogP contribution in [0.25, 0.3) is 5.95 Å². The van der Waals surface area contributed by atoms with Crippen molar-refractivity contribution in [1.29, 1.82) is 0 Å². The third-order valence-corrected chi connectivity index (χ3v) is 4.12. The van der Waals surface area contributed by atoms with Gasteiger partial charge >= 0.3 is 6.09 Å². The number of nitrogens with one attached hydrogen (secondary N) is 1. The molecule has 0 bridgehead atoms. The van der Waals surface area contributed by atoms with Crippen LogP contribution in [0.4, 0.5) is 10.5 Å². The Balaban J connectivity index is 1.49. The van der Waals surface area contributed by atoms with Crippen LogP contribution in [0.5, 0.6) is 5.88 Å². The van der Waals surface area contributed by atoms with Gasteiger partial charge in [0, 0.05) is 12.4 Å². The molecule has 0 saturated heterocycles. The highest BCUT2D eigenvalue weighted by Crippen LogP contribution is 2.23. The van der Waals surface area contributed by atoms with Crippen molar-refractivity contribution in [3.8, 4) is 11.8 Å². The summed E-state index contributed by atoms with van der Waals surface area (Å²) in [6, 6.07) is 20.9. The van der Waals surface area contributed by atoms with E-state index in [1.807, 2.05) is 60.7 Å². The fourth-order valence-corrected chi connectivity index (χ4v) is 2.65. The normalized spacial score (nSPS) is 10.4. The molecule has 1 N–H and O–H groups in total. The largest absolute Gasteiger partial charge is 0.471 e. The molecule has 0 aliphatic carbocycles. The molecule has 0 aliphatic heterocycles. The highest BCUT2D eigenvalue weighted by atomic mass is 16.5. The molecule has 4 rings (SSSR count). The minimum absolute atomic E-state index is 0.152. The van der Waals surface area contributed by atoms with Crippen LogP contribution in [-0.2, 0) is 18.0 Å². The van der Waals surface area contributed by atoms with Crippen LogP contribution in [0.15, 0.2) is 85.3 Å². The Morgan fingerprint density at radius 1 is 0.933 bits per heavy atom. The van der Waals surface area contributed by atoms with Crippen molar-refractivity contribution in [3.63, 3.8) is 0 Å². The Kier molecular flexibility index (Phi) is 5.95. The minimum Gasteiger partial charge on any atom is -0.471 e. The van der Waals surface area contributed by atoms with Gasteiger partial charge in [-0.3, -0.25) is 5.32 Å². The lowest BCUT2D eigenvalue weighted by atomic mass is 10.2. The summed E-state index contributed by atoms with van der Waals surface area (Å²) in [6.45, 7) is 0.434. The Hall–Kier alpha value is -4.20. The van der Waals surface area contributed by atoms with E-state index in [1.54, 1.807) is 18.5 Å². The number of nitrogens with zero attached hydrogens (tertiary/aromatic N) is 4. The van der Waals surface area contributed by atoms with Gasteiger partial charge in [0.2, 0.25) is 5.88 Å². The quantitative estimate of drug-likeness (QED) is 0.503. The summed E-state index contributed by atoms with van der Waals surface area (Å²) in [6.07, 6.45) is 4.19. The lowest BCUT2D eigenvalue weighted by Gasteiger charge is -2.13. The molecule has 4 aromatic rings. The van der Waals surface area contributed by atoms with Crippen molar-refractivity contribution >= 4 is 11.8 Å². The molecule has 2 aromatic carbocycles. The van der Waals surface area contributed by atoms with E-state index in [9.17, 15) is 4.79 Å². The molecule has 0 atom stereocenters. The van der Waals surface area contributed by atoms with Crippen LogP contribution in [-0.4, -0.2) is 25.8 Å². The number of rotatable bonds is 7. The number of carbonyl (C=O) groups is 1. The minimum atomic E-state index is -0.626. The number of anilines is 1. The zero-order valence-electron chi connectivity index (χ0n) is 16.0. The number of carbonyl (C=O) groups excluding carboxylic acids is 1. The van der Waals surface area contributed by atoms with Crippen LogP contribution < -0.4 is 10.1 Å². The molecular formula is C22H19N5O3. The average Bonchev–Trinajstić information content (AvgIpc) is 3.33. The van der Waals surface area contributed by atoms with E-state index in [2.05, 4.69) is 20.4 Å². The van der Waals surface area contributed by atoms with Crippen LogP contribution in [0.2, 0.25) is 0 Å². The Morgan fingerprint density at radius 3 is 2.30 bits per heavy atom. The van der Waals surface area contributed by atoms with Crippen molar-refractivity contribution in [1.82, 2.24) is 19.7 Å². The van der Waals surface area contributed by atoms with E-state index < -0.39 is 6.09 Å². The smallest absolute Gasteiger partial charge is 0.412 e. The van der Waals surface area contributed by atoms with Gasteiger partial charge in [-0.05, 0) is 17.2 Å². The molecule has 150 valence electrons. The van der Waals surface area contributed by atoms with Gasteiger partial charge in [0.1, 0.15) is 18.9 Å². The van der Waals surface area contributed by atoms with Gasteiger partial charge in [0.05, 0.1) is 6.20 Å². The first-order chi connectivity index (χ1) is 14.8. The van der Waals surface area contributed by atoms with E-state index in [-0.39, 0.29) is 19.1 Å². The zero-order valence-corrected chi connectivity index (χ0v) is 16.0. The first-order valence-electron chi connectivity index (χ1n) is 9.29. The first kappa shape index (κ1) is 19.1. The van der Waals surface area contributed by atoms with Gasteiger partial charge in [-0.2, -0.15) is 10.1 Å². The first-order valence-corrected chi connectivity index (χ1v) is 9.29. The molecule has 8 heteroatoms. The third kappa shape index (κ3) is 4.99. The molecule has 0 unspecified atom stereocenters. The molecule has 30 heavy (non-hydrogen) atoms. The summed E-state index contributed by atoms with van der Waals surface area (Å²) in [4.78, 5) is 20.9. The van der Waals surface area contributed by atoms with Crippen LogP contribution in [0, 0.1) is 0 Å². The van der Waals surface area contributed by atoms with Crippen LogP contribution >= 0.6 is 0 Å². The maximum absolute atomic E-state index is 12.3. The fourth-order valence-electron chi connectivity index (χ4n) is 2.65.